The summed E-state index contributed by atoms with van der Waals surface area (Å²) in [6.07, 6.45) is 0.970. The first-order valence-corrected chi connectivity index (χ1v) is 5.89. The molecule has 0 amide bonds. The molecule has 1 unspecified atom stereocenters. The quantitative estimate of drug-likeness (QED) is 0.797. The summed E-state index contributed by atoms with van der Waals surface area (Å²) < 4.78 is 4.73. The second-order valence-electron chi connectivity index (χ2n) is 4.87. The molecule has 2 N–H and O–H groups in total. The van der Waals surface area contributed by atoms with Crippen molar-refractivity contribution < 1.29 is 9.53 Å². The fourth-order valence-electron chi connectivity index (χ4n) is 2.12. The van der Waals surface area contributed by atoms with Crippen LogP contribution in [0.5, 0.6) is 0 Å². The summed E-state index contributed by atoms with van der Waals surface area (Å²) in [5.74, 6) is 0.155. The molecule has 3 nitrogen and oxygen atoms in total. The number of carbonyl (C=O) groups is 1. The number of benzene rings is 1. The monoisotopic (exact) mass is 235 g/mol. The molecule has 0 bridgehead atoms. The van der Waals surface area contributed by atoms with Crippen molar-refractivity contribution in [3.8, 4) is 0 Å². The van der Waals surface area contributed by atoms with E-state index in [0.29, 0.717) is 5.92 Å². The Balaban J connectivity index is 2.97. The molecule has 0 heterocycles. The van der Waals surface area contributed by atoms with E-state index in [1.54, 1.807) is 0 Å². The normalized spacial score (nSPS) is 14.4. The van der Waals surface area contributed by atoms with Crippen LogP contribution in [-0.2, 0) is 15.1 Å². The molecule has 0 fully saturated rings. The molecule has 0 saturated carbocycles. The van der Waals surface area contributed by atoms with Crippen LogP contribution in [0.4, 0.5) is 0 Å². The molecular formula is C14H21NO2. The Labute approximate surface area is 103 Å². The van der Waals surface area contributed by atoms with Gasteiger partial charge in [0.2, 0.25) is 0 Å². The van der Waals surface area contributed by atoms with Crippen molar-refractivity contribution in [1.82, 2.24) is 0 Å². The van der Waals surface area contributed by atoms with E-state index in [1.165, 1.54) is 7.11 Å². The summed E-state index contributed by atoms with van der Waals surface area (Å²) >= 11 is 0. The van der Waals surface area contributed by atoms with Crippen LogP contribution in [0.2, 0.25) is 0 Å². The van der Waals surface area contributed by atoms with Crippen LogP contribution in [0.25, 0.3) is 0 Å². The van der Waals surface area contributed by atoms with Gasteiger partial charge in [-0.1, -0.05) is 44.2 Å². The van der Waals surface area contributed by atoms with E-state index in [9.17, 15) is 4.79 Å². The Morgan fingerprint density at radius 3 is 2.41 bits per heavy atom. The fraction of sp³-hybridized carbons (Fsp3) is 0.500. The lowest BCUT2D eigenvalue weighted by Gasteiger charge is -2.30. The summed E-state index contributed by atoms with van der Waals surface area (Å²) in [5.41, 5.74) is 6.74. The van der Waals surface area contributed by atoms with E-state index >= 15 is 0 Å². The van der Waals surface area contributed by atoms with Crippen molar-refractivity contribution in [2.24, 2.45) is 11.7 Å². The lowest BCUT2D eigenvalue weighted by molar-refractivity contribution is -0.142. The molecule has 94 valence electrons. The zero-order chi connectivity index (χ0) is 12.9. The summed E-state index contributed by atoms with van der Waals surface area (Å²) in [7, 11) is 1.39. The van der Waals surface area contributed by atoms with Crippen molar-refractivity contribution in [2.45, 2.75) is 32.2 Å². The van der Waals surface area contributed by atoms with Crippen LogP contribution in [0.1, 0.15) is 32.3 Å². The summed E-state index contributed by atoms with van der Waals surface area (Å²) in [5, 5.41) is 0. The molecule has 0 aliphatic rings. The maximum absolute atomic E-state index is 11.5. The van der Waals surface area contributed by atoms with Gasteiger partial charge in [-0.2, -0.15) is 0 Å². The summed E-state index contributed by atoms with van der Waals surface area (Å²) in [6, 6.07) is 9.75. The Morgan fingerprint density at radius 1 is 1.35 bits per heavy atom. The smallest absolute Gasteiger partial charge is 0.307 e. The number of rotatable bonds is 5. The Bertz CT molecular complexity index is 362. The molecular weight excluding hydrogens is 214 g/mol. The second kappa shape index (κ2) is 5.82. The van der Waals surface area contributed by atoms with Gasteiger partial charge in [0.15, 0.2) is 0 Å². The van der Waals surface area contributed by atoms with Gasteiger partial charge in [-0.15, -0.1) is 0 Å². The van der Waals surface area contributed by atoms with Crippen molar-refractivity contribution in [3.05, 3.63) is 35.9 Å². The van der Waals surface area contributed by atoms with E-state index in [0.717, 1.165) is 12.0 Å². The molecule has 0 aliphatic carbocycles. The average Bonchev–Trinajstić information content (AvgIpc) is 2.29. The minimum atomic E-state index is -0.636. The zero-order valence-corrected chi connectivity index (χ0v) is 10.8. The SMILES string of the molecule is COC(=O)CC(N)(CC(C)C)c1ccccc1. The number of hydrogen-bond acceptors (Lipinski definition) is 3. The maximum Gasteiger partial charge on any atom is 0.307 e. The molecule has 1 rings (SSSR count). The van der Waals surface area contributed by atoms with E-state index in [2.05, 4.69) is 13.8 Å². The van der Waals surface area contributed by atoms with Crippen molar-refractivity contribution in [1.29, 1.82) is 0 Å². The van der Waals surface area contributed by atoms with Crippen molar-refractivity contribution >= 4 is 5.97 Å². The zero-order valence-electron chi connectivity index (χ0n) is 10.8. The first-order valence-electron chi connectivity index (χ1n) is 5.89. The van der Waals surface area contributed by atoms with Crippen LogP contribution >= 0.6 is 0 Å². The van der Waals surface area contributed by atoms with Crippen LogP contribution in [-0.4, -0.2) is 13.1 Å². The number of esters is 1. The van der Waals surface area contributed by atoms with Crippen LogP contribution in [0.15, 0.2) is 30.3 Å². The molecule has 3 heteroatoms. The van der Waals surface area contributed by atoms with Crippen LogP contribution < -0.4 is 5.73 Å². The minimum Gasteiger partial charge on any atom is -0.469 e. The van der Waals surface area contributed by atoms with Crippen LogP contribution in [0.3, 0.4) is 0 Å². The number of carbonyl (C=O) groups excluding carboxylic acids is 1. The highest BCUT2D eigenvalue weighted by Gasteiger charge is 2.31. The molecule has 0 aliphatic heterocycles. The Kier molecular flexibility index (Phi) is 4.70. The van der Waals surface area contributed by atoms with Crippen molar-refractivity contribution in [2.75, 3.05) is 7.11 Å². The van der Waals surface area contributed by atoms with Gasteiger partial charge >= 0.3 is 5.97 Å². The van der Waals surface area contributed by atoms with Gasteiger partial charge in [0.1, 0.15) is 0 Å². The number of hydrogen-bond donors (Lipinski definition) is 1. The van der Waals surface area contributed by atoms with Gasteiger partial charge in [0.05, 0.1) is 19.1 Å². The highest BCUT2D eigenvalue weighted by Crippen LogP contribution is 2.29. The average molecular weight is 235 g/mol. The van der Waals surface area contributed by atoms with Crippen molar-refractivity contribution in [3.63, 3.8) is 0 Å². The molecule has 0 radical (unpaired) electrons. The second-order valence-corrected chi connectivity index (χ2v) is 4.87. The van der Waals surface area contributed by atoms with E-state index in [4.69, 9.17) is 10.5 Å². The molecule has 17 heavy (non-hydrogen) atoms. The maximum atomic E-state index is 11.5. The van der Waals surface area contributed by atoms with E-state index < -0.39 is 5.54 Å². The molecule has 0 saturated heterocycles. The first-order chi connectivity index (χ1) is 7.98. The lowest BCUT2D eigenvalue weighted by atomic mass is 9.81. The van der Waals surface area contributed by atoms with Crippen LogP contribution in [0, 0.1) is 5.92 Å². The summed E-state index contributed by atoms with van der Waals surface area (Å²) in [4.78, 5) is 11.5. The van der Waals surface area contributed by atoms with Gasteiger partial charge < -0.3 is 10.5 Å². The van der Waals surface area contributed by atoms with Gasteiger partial charge in [0, 0.05) is 0 Å². The standard InChI is InChI=1S/C14H21NO2/c1-11(2)9-14(15,10-13(16)17-3)12-7-5-4-6-8-12/h4-8,11H,9-10,15H2,1-3H3. The largest absolute Gasteiger partial charge is 0.469 e. The molecule has 1 atom stereocenters. The lowest BCUT2D eigenvalue weighted by Crippen LogP contribution is -2.40. The highest BCUT2D eigenvalue weighted by molar-refractivity contribution is 5.71. The fourth-order valence-corrected chi connectivity index (χ4v) is 2.12. The van der Waals surface area contributed by atoms with Gasteiger partial charge in [0.25, 0.3) is 0 Å². The molecule has 1 aromatic carbocycles. The third kappa shape index (κ3) is 3.86. The molecule has 0 spiro atoms. The third-order valence-corrected chi connectivity index (χ3v) is 2.81. The topological polar surface area (TPSA) is 52.3 Å². The Morgan fingerprint density at radius 2 is 1.94 bits per heavy atom. The molecule has 0 aromatic heterocycles. The number of methoxy groups -OCH3 is 1. The number of nitrogens with two attached hydrogens (primary N) is 1. The van der Waals surface area contributed by atoms with Gasteiger partial charge in [-0.25, -0.2) is 0 Å². The minimum absolute atomic E-state index is 0.214. The highest BCUT2D eigenvalue weighted by atomic mass is 16.5. The predicted molar refractivity (Wildman–Crippen MR) is 68.4 cm³/mol. The summed E-state index contributed by atoms with van der Waals surface area (Å²) in [6.45, 7) is 4.20. The third-order valence-electron chi connectivity index (χ3n) is 2.81. The Hall–Kier alpha value is -1.35. The van der Waals surface area contributed by atoms with Gasteiger partial charge in [-0.3, -0.25) is 4.79 Å². The predicted octanol–water partition coefficient (Wildman–Crippen LogP) is 2.45. The van der Waals surface area contributed by atoms with E-state index in [-0.39, 0.29) is 12.4 Å². The number of ether oxygens (including phenoxy) is 1. The molecule has 1 aromatic rings. The van der Waals surface area contributed by atoms with E-state index in [1.807, 2.05) is 30.3 Å². The first kappa shape index (κ1) is 13.7. The van der Waals surface area contributed by atoms with Gasteiger partial charge in [-0.05, 0) is 17.9 Å².